The molecule has 0 atom stereocenters. The summed E-state index contributed by atoms with van der Waals surface area (Å²) in [6.07, 6.45) is 7.65. The zero-order valence-electron chi connectivity index (χ0n) is 18.5. The summed E-state index contributed by atoms with van der Waals surface area (Å²) >= 11 is 2.05. The van der Waals surface area contributed by atoms with Crippen LogP contribution >= 0.6 is 11.8 Å². The van der Waals surface area contributed by atoms with E-state index in [4.69, 9.17) is 20.2 Å². The number of hydrogen-bond acceptors (Lipinski definition) is 8. The summed E-state index contributed by atoms with van der Waals surface area (Å²) in [5, 5.41) is 0.775. The van der Waals surface area contributed by atoms with E-state index in [1.807, 2.05) is 19.2 Å². The topological polar surface area (TPSA) is 76.7 Å². The molecule has 0 spiro atoms. The van der Waals surface area contributed by atoms with Crippen LogP contribution in [0.5, 0.6) is 11.5 Å². The fraction of sp³-hybridized carbons (Fsp3) is 0.636. The van der Waals surface area contributed by atoms with Gasteiger partial charge in [-0.3, -0.25) is 4.90 Å². The van der Waals surface area contributed by atoms with E-state index in [-0.39, 0.29) is 0 Å². The summed E-state index contributed by atoms with van der Waals surface area (Å²) in [4.78, 5) is 13.8. The van der Waals surface area contributed by atoms with Gasteiger partial charge in [0.1, 0.15) is 5.82 Å². The standard InChI is InChI=1S/C22H35N5O2S/c1-26(10-8-6-4-5-7-9-11-27-12-13-30-16-27)22-24-18-15-20(29-3)19(28-2)14-17(18)21(23)25-22/h14-15H,4-13,16H2,1-3H3,(H2,23,24,25). The fourth-order valence-electron chi connectivity index (χ4n) is 3.76. The predicted octanol–water partition coefficient (Wildman–Crippen LogP) is 4.01. The van der Waals surface area contributed by atoms with Crippen LogP contribution in [0.3, 0.4) is 0 Å². The lowest BCUT2D eigenvalue weighted by atomic mass is 10.1. The Kier molecular flexibility index (Phi) is 8.69. The molecule has 1 aromatic heterocycles. The number of fused-ring (bicyclic) bond motifs is 1. The second kappa shape index (κ2) is 11.5. The zero-order valence-corrected chi connectivity index (χ0v) is 19.3. The molecule has 1 aliphatic heterocycles. The monoisotopic (exact) mass is 433 g/mol. The first-order chi connectivity index (χ1) is 14.6. The lowest BCUT2D eigenvalue weighted by Gasteiger charge is -2.18. The molecule has 2 heterocycles. The third kappa shape index (κ3) is 6.04. The SMILES string of the molecule is COc1cc2nc(N(C)CCCCCCCCN3CCSC3)nc(N)c2cc1OC. The molecule has 0 bridgehead atoms. The second-order valence-corrected chi connectivity index (χ2v) is 8.91. The Morgan fingerprint density at radius 3 is 2.43 bits per heavy atom. The molecule has 1 fully saturated rings. The first-order valence-electron chi connectivity index (χ1n) is 10.8. The van der Waals surface area contributed by atoms with Gasteiger partial charge in [-0.05, 0) is 25.5 Å². The van der Waals surface area contributed by atoms with Crippen LogP contribution in [0.2, 0.25) is 0 Å². The molecule has 1 aliphatic rings. The molecule has 0 unspecified atom stereocenters. The lowest BCUT2D eigenvalue weighted by molar-refractivity contribution is 0.343. The number of unbranched alkanes of at least 4 members (excludes halogenated alkanes) is 5. The Labute approximate surface area is 184 Å². The van der Waals surface area contributed by atoms with E-state index >= 15 is 0 Å². The van der Waals surface area contributed by atoms with Gasteiger partial charge in [0.15, 0.2) is 11.5 Å². The maximum atomic E-state index is 6.20. The van der Waals surface area contributed by atoms with Crippen LogP contribution in [0.15, 0.2) is 12.1 Å². The molecule has 8 heteroatoms. The van der Waals surface area contributed by atoms with E-state index in [1.54, 1.807) is 14.2 Å². The van der Waals surface area contributed by atoms with E-state index in [0.29, 0.717) is 23.3 Å². The number of methoxy groups -OCH3 is 2. The highest BCUT2D eigenvalue weighted by Crippen LogP contribution is 2.34. The summed E-state index contributed by atoms with van der Waals surface area (Å²) in [5.74, 6) is 4.91. The molecule has 3 rings (SSSR count). The van der Waals surface area contributed by atoms with Crippen LogP contribution in [0.4, 0.5) is 11.8 Å². The maximum Gasteiger partial charge on any atom is 0.227 e. The molecular formula is C22H35N5O2S. The molecule has 2 N–H and O–H groups in total. The molecule has 1 saturated heterocycles. The molecule has 166 valence electrons. The molecule has 0 amide bonds. The minimum Gasteiger partial charge on any atom is -0.493 e. The molecular weight excluding hydrogens is 398 g/mol. The Balaban J connectivity index is 1.43. The average Bonchev–Trinajstić information content (AvgIpc) is 3.28. The number of hydrogen-bond donors (Lipinski definition) is 1. The quantitative estimate of drug-likeness (QED) is 0.503. The van der Waals surface area contributed by atoms with E-state index in [9.17, 15) is 0 Å². The third-order valence-corrected chi connectivity index (χ3v) is 6.62. The number of rotatable bonds is 12. The zero-order chi connectivity index (χ0) is 21.3. The number of benzene rings is 1. The van der Waals surface area contributed by atoms with Crippen molar-refractivity contribution in [1.82, 2.24) is 14.9 Å². The van der Waals surface area contributed by atoms with Gasteiger partial charge in [0, 0.05) is 43.2 Å². The number of anilines is 2. The summed E-state index contributed by atoms with van der Waals surface area (Å²) in [7, 11) is 5.25. The maximum absolute atomic E-state index is 6.20. The predicted molar refractivity (Wildman–Crippen MR) is 127 cm³/mol. The highest BCUT2D eigenvalue weighted by molar-refractivity contribution is 7.99. The number of nitrogens with zero attached hydrogens (tertiary/aromatic N) is 4. The van der Waals surface area contributed by atoms with Crippen molar-refractivity contribution in [3.8, 4) is 11.5 Å². The summed E-state index contributed by atoms with van der Waals surface area (Å²) in [6, 6.07) is 3.68. The second-order valence-electron chi connectivity index (χ2n) is 7.83. The van der Waals surface area contributed by atoms with Gasteiger partial charge in [-0.15, -0.1) is 11.8 Å². The van der Waals surface area contributed by atoms with Crippen LogP contribution in [0.1, 0.15) is 38.5 Å². The molecule has 30 heavy (non-hydrogen) atoms. The molecule has 7 nitrogen and oxygen atoms in total. The summed E-state index contributed by atoms with van der Waals surface area (Å²) in [5.41, 5.74) is 6.96. The summed E-state index contributed by atoms with van der Waals surface area (Å²) in [6.45, 7) is 3.47. The van der Waals surface area contributed by atoms with Crippen LogP contribution in [-0.4, -0.2) is 67.4 Å². The molecule has 0 aliphatic carbocycles. The van der Waals surface area contributed by atoms with Crippen molar-refractivity contribution in [3.05, 3.63) is 12.1 Å². The fourth-order valence-corrected chi connectivity index (χ4v) is 4.79. The van der Waals surface area contributed by atoms with Crippen LogP contribution < -0.4 is 20.1 Å². The minimum absolute atomic E-state index is 0.458. The largest absolute Gasteiger partial charge is 0.493 e. The minimum atomic E-state index is 0.458. The van der Waals surface area contributed by atoms with Crippen molar-refractivity contribution in [1.29, 1.82) is 0 Å². The van der Waals surface area contributed by atoms with Crippen LogP contribution in [0, 0.1) is 0 Å². The summed E-state index contributed by atoms with van der Waals surface area (Å²) < 4.78 is 10.7. The first-order valence-corrected chi connectivity index (χ1v) is 12.0. The molecule has 2 aromatic rings. The Morgan fingerprint density at radius 1 is 1.03 bits per heavy atom. The van der Waals surface area contributed by atoms with Gasteiger partial charge in [0.25, 0.3) is 0 Å². The number of thioether (sulfide) groups is 1. The van der Waals surface area contributed by atoms with Crippen LogP contribution in [0.25, 0.3) is 10.9 Å². The average molecular weight is 434 g/mol. The van der Waals surface area contributed by atoms with Gasteiger partial charge in [0.05, 0.1) is 19.7 Å². The van der Waals surface area contributed by atoms with Gasteiger partial charge >= 0.3 is 0 Å². The van der Waals surface area contributed by atoms with Gasteiger partial charge in [-0.2, -0.15) is 4.98 Å². The van der Waals surface area contributed by atoms with Crippen molar-refractivity contribution >= 4 is 34.4 Å². The number of nitrogen functional groups attached to an aromatic ring is 1. The number of nitrogens with two attached hydrogens (primary N) is 1. The smallest absolute Gasteiger partial charge is 0.227 e. The lowest BCUT2D eigenvalue weighted by Crippen LogP contribution is -2.21. The van der Waals surface area contributed by atoms with E-state index < -0.39 is 0 Å². The van der Waals surface area contributed by atoms with Crippen molar-refractivity contribution in [2.45, 2.75) is 38.5 Å². The highest BCUT2D eigenvalue weighted by atomic mass is 32.2. The van der Waals surface area contributed by atoms with Crippen molar-refractivity contribution in [3.63, 3.8) is 0 Å². The Hall–Kier alpha value is -1.93. The Bertz CT molecular complexity index is 814. The highest BCUT2D eigenvalue weighted by Gasteiger charge is 2.14. The number of ether oxygens (including phenoxy) is 2. The van der Waals surface area contributed by atoms with Crippen LogP contribution in [-0.2, 0) is 0 Å². The first kappa shape index (κ1) is 22.7. The van der Waals surface area contributed by atoms with Gasteiger partial charge in [-0.1, -0.05) is 25.7 Å². The van der Waals surface area contributed by atoms with Crippen molar-refractivity contribution in [2.24, 2.45) is 0 Å². The van der Waals surface area contributed by atoms with E-state index in [1.165, 1.54) is 56.8 Å². The van der Waals surface area contributed by atoms with E-state index in [0.717, 1.165) is 23.9 Å². The number of aromatic nitrogens is 2. The Morgan fingerprint density at radius 2 is 1.73 bits per heavy atom. The van der Waals surface area contributed by atoms with Gasteiger partial charge in [-0.25, -0.2) is 4.98 Å². The van der Waals surface area contributed by atoms with Crippen molar-refractivity contribution in [2.75, 3.05) is 63.2 Å². The third-order valence-electron chi connectivity index (χ3n) is 5.60. The van der Waals surface area contributed by atoms with Crippen molar-refractivity contribution < 1.29 is 9.47 Å². The van der Waals surface area contributed by atoms with Gasteiger partial charge in [0.2, 0.25) is 5.95 Å². The molecule has 1 aromatic carbocycles. The normalized spacial score (nSPS) is 14.4. The van der Waals surface area contributed by atoms with Gasteiger partial charge < -0.3 is 20.1 Å². The molecule has 0 radical (unpaired) electrons. The molecule has 0 saturated carbocycles. The van der Waals surface area contributed by atoms with E-state index in [2.05, 4.69) is 26.5 Å².